The molecule has 112 valence electrons. The Morgan fingerprint density at radius 2 is 1.75 bits per heavy atom. The highest BCUT2D eigenvalue weighted by atomic mass is 35.5. The summed E-state index contributed by atoms with van der Waals surface area (Å²) in [6, 6.07) is 2.35. The van der Waals surface area contributed by atoms with E-state index in [0.717, 1.165) is 12.1 Å². The van der Waals surface area contributed by atoms with Crippen LogP contribution in [0.5, 0.6) is 0 Å². The van der Waals surface area contributed by atoms with E-state index in [9.17, 15) is 13.6 Å². The van der Waals surface area contributed by atoms with Crippen molar-refractivity contribution >= 4 is 18.3 Å². The molecule has 2 atom stereocenters. The number of nitrogens with zero attached hydrogens (tertiary/aromatic N) is 1. The number of hydrogen-bond acceptors (Lipinski definition) is 2. The van der Waals surface area contributed by atoms with Crippen LogP contribution >= 0.6 is 12.4 Å². The second-order valence-corrected chi connectivity index (χ2v) is 5.26. The van der Waals surface area contributed by atoms with Gasteiger partial charge >= 0.3 is 0 Å². The lowest BCUT2D eigenvalue weighted by molar-refractivity contribution is 0.0668. The number of carbonyl (C=O) groups is 1. The van der Waals surface area contributed by atoms with E-state index in [0.29, 0.717) is 13.1 Å². The van der Waals surface area contributed by atoms with Gasteiger partial charge in [0.2, 0.25) is 0 Å². The van der Waals surface area contributed by atoms with Crippen molar-refractivity contribution in [3.8, 4) is 0 Å². The minimum Gasteiger partial charge on any atom is -0.335 e. The molecule has 0 saturated carbocycles. The van der Waals surface area contributed by atoms with Gasteiger partial charge in [-0.3, -0.25) is 4.79 Å². The van der Waals surface area contributed by atoms with Crippen molar-refractivity contribution in [2.45, 2.75) is 32.9 Å². The van der Waals surface area contributed by atoms with Gasteiger partial charge in [0.15, 0.2) is 0 Å². The SMILES string of the molecule is Cc1cc(F)c(C(=O)N2CC(C)NC(C)C2)cc1F.Cl. The molecule has 6 heteroatoms. The number of piperazine rings is 1. The molecule has 0 spiro atoms. The minimum atomic E-state index is -0.664. The zero-order valence-electron chi connectivity index (χ0n) is 11.7. The van der Waals surface area contributed by atoms with Gasteiger partial charge in [-0.2, -0.15) is 0 Å². The van der Waals surface area contributed by atoms with Gasteiger partial charge in [-0.05, 0) is 38.5 Å². The van der Waals surface area contributed by atoms with Crippen LogP contribution in [-0.4, -0.2) is 36.0 Å². The largest absolute Gasteiger partial charge is 0.335 e. The fourth-order valence-electron chi connectivity index (χ4n) is 2.47. The van der Waals surface area contributed by atoms with Gasteiger partial charge < -0.3 is 10.2 Å². The third kappa shape index (κ3) is 3.46. The lowest BCUT2D eigenvalue weighted by Gasteiger charge is -2.36. The van der Waals surface area contributed by atoms with E-state index in [1.807, 2.05) is 13.8 Å². The van der Waals surface area contributed by atoms with E-state index < -0.39 is 17.5 Å². The molecule has 3 nitrogen and oxygen atoms in total. The Morgan fingerprint density at radius 3 is 2.30 bits per heavy atom. The predicted octanol–water partition coefficient (Wildman–Crippen LogP) is 2.52. The van der Waals surface area contributed by atoms with E-state index in [-0.39, 0.29) is 35.6 Å². The van der Waals surface area contributed by atoms with Gasteiger partial charge in [-0.25, -0.2) is 8.78 Å². The Balaban J connectivity index is 0.00000200. The first-order valence-corrected chi connectivity index (χ1v) is 6.39. The zero-order valence-corrected chi connectivity index (χ0v) is 12.6. The number of aryl methyl sites for hydroxylation is 1. The average molecular weight is 305 g/mol. The third-order valence-corrected chi connectivity index (χ3v) is 3.32. The molecule has 2 rings (SSSR count). The Kier molecular flexibility index (Phi) is 5.48. The number of hydrogen-bond donors (Lipinski definition) is 1. The van der Waals surface area contributed by atoms with Crippen LogP contribution in [0.15, 0.2) is 12.1 Å². The van der Waals surface area contributed by atoms with Crippen LogP contribution in [0.25, 0.3) is 0 Å². The molecule has 20 heavy (non-hydrogen) atoms. The molecule has 1 amide bonds. The summed E-state index contributed by atoms with van der Waals surface area (Å²) in [6.07, 6.45) is 0. The number of benzene rings is 1. The van der Waals surface area contributed by atoms with E-state index in [1.165, 1.54) is 6.92 Å². The van der Waals surface area contributed by atoms with Gasteiger partial charge in [-0.15, -0.1) is 12.4 Å². The summed E-state index contributed by atoms with van der Waals surface area (Å²) in [6.45, 7) is 6.39. The minimum absolute atomic E-state index is 0. The molecule has 1 heterocycles. The summed E-state index contributed by atoms with van der Waals surface area (Å²) in [5.41, 5.74) is 0.0143. The monoisotopic (exact) mass is 304 g/mol. The van der Waals surface area contributed by atoms with E-state index in [4.69, 9.17) is 0 Å². The Labute approximate surface area is 123 Å². The fourth-order valence-corrected chi connectivity index (χ4v) is 2.47. The Bertz CT molecular complexity index is 500. The molecular weight excluding hydrogens is 286 g/mol. The first-order valence-electron chi connectivity index (χ1n) is 6.39. The van der Waals surface area contributed by atoms with Crippen molar-refractivity contribution in [2.24, 2.45) is 0 Å². The zero-order chi connectivity index (χ0) is 14.2. The lowest BCUT2D eigenvalue weighted by Crippen LogP contribution is -2.55. The molecule has 2 unspecified atom stereocenters. The van der Waals surface area contributed by atoms with Crippen LogP contribution in [0.1, 0.15) is 29.8 Å². The molecule has 1 aliphatic rings. The first kappa shape index (κ1) is 16.9. The van der Waals surface area contributed by atoms with Gasteiger partial charge in [0.25, 0.3) is 5.91 Å². The predicted molar refractivity (Wildman–Crippen MR) is 76.3 cm³/mol. The summed E-state index contributed by atoms with van der Waals surface area (Å²) >= 11 is 0. The summed E-state index contributed by atoms with van der Waals surface area (Å²) in [5, 5.41) is 3.29. The van der Waals surface area contributed by atoms with Gasteiger partial charge in [0.1, 0.15) is 11.6 Å². The molecule has 0 bridgehead atoms. The number of halogens is 3. The highest BCUT2D eigenvalue weighted by Crippen LogP contribution is 2.17. The summed E-state index contributed by atoms with van der Waals surface area (Å²) in [4.78, 5) is 13.8. The van der Waals surface area contributed by atoms with Crippen molar-refractivity contribution in [3.05, 3.63) is 34.9 Å². The Hall–Kier alpha value is -1.20. The maximum atomic E-state index is 13.8. The van der Waals surface area contributed by atoms with Crippen LogP contribution < -0.4 is 5.32 Å². The summed E-state index contributed by atoms with van der Waals surface area (Å²) < 4.78 is 27.3. The average Bonchev–Trinajstić information content (AvgIpc) is 2.31. The number of rotatable bonds is 1. The van der Waals surface area contributed by atoms with Crippen LogP contribution in [0.4, 0.5) is 8.78 Å². The molecule has 1 N–H and O–H groups in total. The molecule has 1 aliphatic heterocycles. The number of carbonyl (C=O) groups excluding carboxylic acids is 1. The molecule has 1 fully saturated rings. The summed E-state index contributed by atoms with van der Waals surface area (Å²) in [7, 11) is 0. The highest BCUT2D eigenvalue weighted by molar-refractivity contribution is 5.94. The molecule has 0 radical (unpaired) electrons. The summed E-state index contributed by atoms with van der Waals surface area (Å²) in [5.74, 6) is -1.67. The van der Waals surface area contributed by atoms with Crippen molar-refractivity contribution in [1.82, 2.24) is 10.2 Å². The molecule has 1 aromatic carbocycles. The quantitative estimate of drug-likeness (QED) is 0.864. The standard InChI is InChI=1S/C14H18F2N2O.ClH/c1-8-4-13(16)11(5-12(8)15)14(19)18-6-9(2)17-10(3)7-18;/h4-5,9-10,17H,6-7H2,1-3H3;1H. The molecule has 1 saturated heterocycles. The molecular formula is C14H19ClF2N2O. The van der Waals surface area contributed by atoms with Crippen LogP contribution in [0, 0.1) is 18.6 Å². The van der Waals surface area contributed by atoms with Crippen LogP contribution in [-0.2, 0) is 0 Å². The fraction of sp³-hybridized carbons (Fsp3) is 0.500. The second kappa shape index (κ2) is 6.50. The smallest absolute Gasteiger partial charge is 0.257 e. The third-order valence-electron chi connectivity index (χ3n) is 3.32. The Morgan fingerprint density at radius 1 is 1.20 bits per heavy atom. The highest BCUT2D eigenvalue weighted by Gasteiger charge is 2.27. The molecule has 0 aromatic heterocycles. The topological polar surface area (TPSA) is 32.3 Å². The lowest BCUT2D eigenvalue weighted by atomic mass is 10.1. The van der Waals surface area contributed by atoms with E-state index in [2.05, 4.69) is 5.32 Å². The van der Waals surface area contributed by atoms with Crippen molar-refractivity contribution < 1.29 is 13.6 Å². The van der Waals surface area contributed by atoms with Gasteiger partial charge in [0, 0.05) is 25.2 Å². The number of nitrogens with one attached hydrogen (secondary N) is 1. The maximum Gasteiger partial charge on any atom is 0.257 e. The maximum absolute atomic E-state index is 13.8. The molecule has 1 aromatic rings. The van der Waals surface area contributed by atoms with Crippen molar-refractivity contribution in [1.29, 1.82) is 0 Å². The van der Waals surface area contributed by atoms with Crippen LogP contribution in [0.3, 0.4) is 0 Å². The first-order chi connectivity index (χ1) is 8.88. The van der Waals surface area contributed by atoms with Crippen LogP contribution in [0.2, 0.25) is 0 Å². The normalized spacial score (nSPS) is 22.4. The van der Waals surface area contributed by atoms with E-state index >= 15 is 0 Å². The van der Waals surface area contributed by atoms with Crippen molar-refractivity contribution in [2.75, 3.05) is 13.1 Å². The van der Waals surface area contributed by atoms with Crippen molar-refractivity contribution in [3.63, 3.8) is 0 Å². The molecule has 0 aliphatic carbocycles. The second-order valence-electron chi connectivity index (χ2n) is 5.26. The van der Waals surface area contributed by atoms with Gasteiger partial charge in [-0.1, -0.05) is 0 Å². The number of amides is 1. The van der Waals surface area contributed by atoms with E-state index in [1.54, 1.807) is 4.90 Å². The van der Waals surface area contributed by atoms with Gasteiger partial charge in [0.05, 0.1) is 5.56 Å².